The van der Waals surface area contributed by atoms with Crippen LogP contribution in [0.3, 0.4) is 0 Å². The monoisotopic (exact) mass is 593 g/mol. The molecule has 0 spiro atoms. The second kappa shape index (κ2) is 11.9. The van der Waals surface area contributed by atoms with Gasteiger partial charge in [0.2, 0.25) is 11.8 Å². The number of rotatable bonds is 7. The minimum Gasteiger partial charge on any atom is -0.351 e. The Morgan fingerprint density at radius 2 is 1.86 bits per heavy atom. The normalized spacial score (nSPS) is 17.9. The second-order valence-corrected chi connectivity index (χ2v) is 10.7. The number of carbonyl (C=O) groups excluding carboxylic acids is 3. The number of nitriles is 2. The molecule has 1 saturated carbocycles. The Morgan fingerprint density at radius 3 is 2.52 bits per heavy atom. The van der Waals surface area contributed by atoms with E-state index >= 15 is 0 Å². The topological polar surface area (TPSA) is 135 Å². The van der Waals surface area contributed by atoms with Gasteiger partial charge < -0.3 is 5.32 Å². The molecule has 12 heteroatoms. The van der Waals surface area contributed by atoms with Gasteiger partial charge in [-0.2, -0.15) is 10.5 Å². The van der Waals surface area contributed by atoms with Crippen LogP contribution in [0.1, 0.15) is 54.0 Å². The van der Waals surface area contributed by atoms with E-state index < -0.39 is 54.6 Å². The van der Waals surface area contributed by atoms with E-state index in [0.29, 0.717) is 11.1 Å². The van der Waals surface area contributed by atoms with Crippen LogP contribution in [-0.2, 0) is 14.4 Å². The highest BCUT2D eigenvalue weighted by atomic mass is 19.3. The SMILES string of the molecule is [C-]#[N+]c1cc(C#N)cc(N(C(=O)[C@@H]2CCC(=O)N2c2cc(C#N)ccn2)C(C(=O)NC2CC(F)(F)C2)c2ccccc2C)c1. The summed E-state index contributed by atoms with van der Waals surface area (Å²) in [5.41, 5.74) is 1.35. The Balaban J connectivity index is 1.67. The van der Waals surface area contributed by atoms with E-state index in [9.17, 15) is 33.7 Å². The smallest absolute Gasteiger partial charge is 0.252 e. The fourth-order valence-corrected chi connectivity index (χ4v) is 5.59. The van der Waals surface area contributed by atoms with Gasteiger partial charge in [-0.1, -0.05) is 24.3 Å². The zero-order chi connectivity index (χ0) is 31.6. The molecule has 44 heavy (non-hydrogen) atoms. The van der Waals surface area contributed by atoms with Crippen LogP contribution in [0, 0.1) is 36.2 Å². The Kier molecular flexibility index (Phi) is 8.07. The first kappa shape index (κ1) is 29.8. The Bertz CT molecular complexity index is 1750. The van der Waals surface area contributed by atoms with Gasteiger partial charge in [0.1, 0.15) is 17.9 Å². The fourth-order valence-electron chi connectivity index (χ4n) is 5.59. The molecule has 2 fully saturated rings. The number of amides is 3. The van der Waals surface area contributed by atoms with E-state index in [0.717, 1.165) is 4.90 Å². The molecular formula is C32H25F2N7O3. The summed E-state index contributed by atoms with van der Waals surface area (Å²) >= 11 is 0. The molecular weight excluding hydrogens is 568 g/mol. The van der Waals surface area contributed by atoms with Gasteiger partial charge in [-0.15, -0.1) is 0 Å². The van der Waals surface area contributed by atoms with Crippen LogP contribution in [-0.4, -0.2) is 40.7 Å². The number of halogens is 2. The number of anilines is 2. The number of hydrogen-bond acceptors (Lipinski definition) is 6. The number of alkyl halides is 2. The van der Waals surface area contributed by atoms with Crippen LogP contribution in [0.25, 0.3) is 4.85 Å². The van der Waals surface area contributed by atoms with Gasteiger partial charge in [0.15, 0.2) is 5.69 Å². The van der Waals surface area contributed by atoms with Gasteiger partial charge in [-0.3, -0.25) is 24.2 Å². The molecule has 1 aliphatic heterocycles. The van der Waals surface area contributed by atoms with Crippen LogP contribution in [0.2, 0.25) is 0 Å². The quantitative estimate of drug-likeness (QED) is 0.389. The molecule has 1 saturated heterocycles. The van der Waals surface area contributed by atoms with Crippen molar-refractivity contribution in [2.24, 2.45) is 0 Å². The van der Waals surface area contributed by atoms with Gasteiger partial charge in [0.05, 0.1) is 24.3 Å². The molecule has 1 unspecified atom stereocenters. The van der Waals surface area contributed by atoms with Crippen molar-refractivity contribution in [3.05, 3.63) is 94.5 Å². The average Bonchev–Trinajstić information content (AvgIpc) is 3.39. The molecule has 3 amide bonds. The standard InChI is InChI=1S/C32H25F2N7O3/c1-19-5-3-4-6-25(19)29(30(43)39-23-15-32(33,34)16-23)40(24-12-21(18-36)11-22(14-24)37-2)31(44)26-7-8-28(42)41(26)27-13-20(17-35)9-10-38-27/h3-6,9-14,23,26,29H,7-8,15-16H2,1H3,(H,39,43)/t26-,29?/m0/s1. The van der Waals surface area contributed by atoms with E-state index in [1.54, 1.807) is 31.2 Å². The van der Waals surface area contributed by atoms with Crippen LogP contribution in [0.4, 0.5) is 26.0 Å². The van der Waals surface area contributed by atoms with Crippen molar-refractivity contribution in [2.75, 3.05) is 9.80 Å². The maximum Gasteiger partial charge on any atom is 0.252 e. The van der Waals surface area contributed by atoms with Gasteiger partial charge in [0.25, 0.3) is 11.8 Å². The zero-order valence-electron chi connectivity index (χ0n) is 23.5. The van der Waals surface area contributed by atoms with Crippen molar-refractivity contribution < 1.29 is 23.2 Å². The molecule has 2 heterocycles. The number of nitrogens with one attached hydrogen (secondary N) is 1. The second-order valence-electron chi connectivity index (χ2n) is 10.7. The van der Waals surface area contributed by atoms with Crippen molar-refractivity contribution in [2.45, 2.75) is 56.7 Å². The van der Waals surface area contributed by atoms with Crippen molar-refractivity contribution >= 4 is 34.9 Å². The Labute approximate surface area is 252 Å². The molecule has 1 aliphatic carbocycles. The van der Waals surface area contributed by atoms with Crippen LogP contribution < -0.4 is 15.1 Å². The zero-order valence-corrected chi connectivity index (χ0v) is 23.5. The number of aryl methyl sites for hydroxylation is 1. The number of carbonyl (C=O) groups is 3. The molecule has 220 valence electrons. The molecule has 3 aromatic rings. The third kappa shape index (κ3) is 5.81. The number of benzene rings is 2. The molecule has 0 bridgehead atoms. The van der Waals surface area contributed by atoms with Crippen molar-refractivity contribution in [3.63, 3.8) is 0 Å². The molecule has 0 radical (unpaired) electrons. The molecule has 10 nitrogen and oxygen atoms in total. The minimum atomic E-state index is -2.91. The number of pyridine rings is 1. The van der Waals surface area contributed by atoms with Crippen molar-refractivity contribution in [3.8, 4) is 12.1 Å². The highest BCUT2D eigenvalue weighted by molar-refractivity contribution is 6.11. The summed E-state index contributed by atoms with van der Waals surface area (Å²) in [5, 5.41) is 21.8. The number of aromatic nitrogens is 1. The van der Waals surface area contributed by atoms with E-state index in [1.165, 1.54) is 41.4 Å². The third-order valence-corrected chi connectivity index (χ3v) is 7.72. The van der Waals surface area contributed by atoms with Gasteiger partial charge in [-0.05, 0) is 54.8 Å². The first-order valence-corrected chi connectivity index (χ1v) is 13.7. The van der Waals surface area contributed by atoms with Crippen LogP contribution >= 0.6 is 0 Å². The van der Waals surface area contributed by atoms with Gasteiger partial charge in [-0.25, -0.2) is 18.6 Å². The predicted octanol–water partition coefficient (Wildman–Crippen LogP) is 4.87. The summed E-state index contributed by atoms with van der Waals surface area (Å²) in [6, 6.07) is 14.2. The number of hydrogen-bond donors (Lipinski definition) is 1. The molecule has 2 aliphatic rings. The first-order chi connectivity index (χ1) is 21.0. The molecule has 2 atom stereocenters. The van der Waals surface area contributed by atoms with Crippen LogP contribution in [0.15, 0.2) is 60.8 Å². The highest BCUT2D eigenvalue weighted by Gasteiger charge is 2.48. The van der Waals surface area contributed by atoms with Gasteiger partial charge >= 0.3 is 0 Å². The summed E-state index contributed by atoms with van der Waals surface area (Å²) in [6.45, 7) is 9.29. The Morgan fingerprint density at radius 1 is 1.14 bits per heavy atom. The maximum atomic E-state index is 14.7. The van der Waals surface area contributed by atoms with Crippen LogP contribution in [0.5, 0.6) is 0 Å². The molecule has 1 aromatic heterocycles. The van der Waals surface area contributed by atoms with Crippen molar-refractivity contribution in [1.29, 1.82) is 10.5 Å². The molecule has 2 aromatic carbocycles. The summed E-state index contributed by atoms with van der Waals surface area (Å²) in [6.07, 6.45) is 0.272. The summed E-state index contributed by atoms with van der Waals surface area (Å²) in [5.74, 6) is -4.71. The third-order valence-electron chi connectivity index (χ3n) is 7.72. The lowest BCUT2D eigenvalue weighted by Crippen LogP contribution is -2.56. The van der Waals surface area contributed by atoms with E-state index in [4.69, 9.17) is 6.57 Å². The summed E-state index contributed by atoms with van der Waals surface area (Å²) in [7, 11) is 0. The lowest BCUT2D eigenvalue weighted by atomic mass is 9.87. The first-order valence-electron chi connectivity index (χ1n) is 13.7. The predicted molar refractivity (Wildman–Crippen MR) is 154 cm³/mol. The van der Waals surface area contributed by atoms with E-state index in [1.807, 2.05) is 12.1 Å². The minimum absolute atomic E-state index is 0.0212. The maximum absolute atomic E-state index is 14.7. The lowest BCUT2D eigenvalue weighted by Gasteiger charge is -2.39. The molecule has 1 N–H and O–H groups in total. The van der Waals surface area contributed by atoms with Gasteiger partial charge in [0, 0.05) is 42.8 Å². The Hall–Kier alpha value is -5.67. The summed E-state index contributed by atoms with van der Waals surface area (Å²) in [4.78, 5) is 51.8. The fraction of sp³-hybridized carbons (Fsp3) is 0.281. The average molecular weight is 594 g/mol. The number of nitrogens with zero attached hydrogens (tertiary/aromatic N) is 6. The lowest BCUT2D eigenvalue weighted by molar-refractivity contribution is -0.133. The van der Waals surface area contributed by atoms with E-state index in [-0.39, 0.29) is 41.2 Å². The van der Waals surface area contributed by atoms with Crippen molar-refractivity contribution in [1.82, 2.24) is 10.3 Å². The summed E-state index contributed by atoms with van der Waals surface area (Å²) < 4.78 is 27.4. The largest absolute Gasteiger partial charge is 0.351 e. The van der Waals surface area contributed by atoms with E-state index in [2.05, 4.69) is 15.1 Å². The highest BCUT2D eigenvalue weighted by Crippen LogP contribution is 2.40. The molecule has 5 rings (SSSR count).